The molecular formula is C15H20BrN3. The van der Waals surface area contributed by atoms with Crippen LogP contribution in [0.15, 0.2) is 24.3 Å². The highest BCUT2D eigenvalue weighted by Crippen LogP contribution is 2.13. The molecule has 0 bridgehead atoms. The molecule has 19 heavy (non-hydrogen) atoms. The van der Waals surface area contributed by atoms with Crippen LogP contribution in [0.25, 0.3) is 0 Å². The molecule has 1 heterocycles. The van der Waals surface area contributed by atoms with E-state index in [1.165, 1.54) is 11.1 Å². The van der Waals surface area contributed by atoms with Gasteiger partial charge in [-0.3, -0.25) is 0 Å². The van der Waals surface area contributed by atoms with Crippen LogP contribution in [0.5, 0.6) is 0 Å². The second-order valence-electron chi connectivity index (χ2n) is 4.74. The maximum atomic E-state index is 4.33. The number of hydrogen-bond acceptors (Lipinski definition) is 2. The lowest BCUT2D eigenvalue weighted by atomic mass is 10.0. The lowest BCUT2D eigenvalue weighted by Gasteiger charge is -2.08. The molecule has 102 valence electrons. The highest BCUT2D eigenvalue weighted by Gasteiger charge is 2.10. The molecule has 0 spiro atoms. The van der Waals surface area contributed by atoms with Gasteiger partial charge in [-0.1, -0.05) is 47.1 Å². The third-order valence-electron chi connectivity index (χ3n) is 3.35. The molecule has 0 saturated heterocycles. The van der Waals surface area contributed by atoms with Gasteiger partial charge in [-0.25, -0.2) is 0 Å². The number of alkyl halides is 1. The number of aryl methyl sites for hydroxylation is 3. The van der Waals surface area contributed by atoms with E-state index in [0.717, 1.165) is 42.8 Å². The molecule has 0 aliphatic rings. The lowest BCUT2D eigenvalue weighted by molar-refractivity contribution is 0.617. The normalized spacial score (nSPS) is 10.9. The van der Waals surface area contributed by atoms with Crippen molar-refractivity contribution in [1.29, 1.82) is 0 Å². The van der Waals surface area contributed by atoms with Crippen molar-refractivity contribution >= 4 is 15.9 Å². The Hall–Kier alpha value is -1.16. The summed E-state index contributed by atoms with van der Waals surface area (Å²) < 4.78 is 2.24. The molecule has 4 heteroatoms. The molecule has 0 unspecified atom stereocenters. The minimum absolute atomic E-state index is 0.768. The SMILES string of the molecule is CCCn1c(CBr)nnc1CCc1ccccc1C. The molecule has 1 aromatic heterocycles. The van der Waals surface area contributed by atoms with Crippen LogP contribution in [0.4, 0.5) is 0 Å². The molecule has 0 atom stereocenters. The lowest BCUT2D eigenvalue weighted by Crippen LogP contribution is -2.08. The first-order chi connectivity index (χ1) is 9.26. The Morgan fingerprint density at radius 2 is 1.84 bits per heavy atom. The van der Waals surface area contributed by atoms with Gasteiger partial charge in [0.05, 0.1) is 5.33 Å². The molecule has 0 N–H and O–H groups in total. The third-order valence-corrected chi connectivity index (χ3v) is 3.85. The molecule has 0 amide bonds. The molecule has 0 aliphatic carbocycles. The fourth-order valence-electron chi connectivity index (χ4n) is 2.27. The highest BCUT2D eigenvalue weighted by atomic mass is 79.9. The monoisotopic (exact) mass is 321 g/mol. The van der Waals surface area contributed by atoms with E-state index in [1.54, 1.807) is 0 Å². The highest BCUT2D eigenvalue weighted by molar-refractivity contribution is 9.08. The molecule has 0 saturated carbocycles. The first-order valence-electron chi connectivity index (χ1n) is 6.77. The summed E-state index contributed by atoms with van der Waals surface area (Å²) in [7, 11) is 0. The van der Waals surface area contributed by atoms with Crippen molar-refractivity contribution in [3.63, 3.8) is 0 Å². The quantitative estimate of drug-likeness (QED) is 0.760. The minimum Gasteiger partial charge on any atom is -0.314 e. The van der Waals surface area contributed by atoms with Crippen LogP contribution in [0, 0.1) is 6.92 Å². The Kier molecular flexibility index (Phi) is 5.14. The summed E-state index contributed by atoms with van der Waals surface area (Å²) in [5.74, 6) is 2.13. The molecule has 0 radical (unpaired) electrons. The van der Waals surface area contributed by atoms with Gasteiger partial charge in [0.15, 0.2) is 0 Å². The number of benzene rings is 1. The smallest absolute Gasteiger partial charge is 0.143 e. The van der Waals surface area contributed by atoms with Crippen LogP contribution in [0.3, 0.4) is 0 Å². The van der Waals surface area contributed by atoms with E-state index in [1.807, 2.05) is 0 Å². The van der Waals surface area contributed by atoms with Gasteiger partial charge in [0.1, 0.15) is 11.6 Å². The molecule has 0 aliphatic heterocycles. The first kappa shape index (κ1) is 14.3. The maximum Gasteiger partial charge on any atom is 0.143 e. The second-order valence-corrected chi connectivity index (χ2v) is 5.30. The van der Waals surface area contributed by atoms with Crippen molar-refractivity contribution in [3.8, 4) is 0 Å². The van der Waals surface area contributed by atoms with E-state index in [0.29, 0.717) is 0 Å². The van der Waals surface area contributed by atoms with Crippen molar-refractivity contribution in [2.45, 2.75) is 45.0 Å². The van der Waals surface area contributed by atoms with Crippen molar-refractivity contribution in [2.75, 3.05) is 0 Å². The Morgan fingerprint density at radius 3 is 2.53 bits per heavy atom. The van der Waals surface area contributed by atoms with E-state index in [4.69, 9.17) is 0 Å². The Labute approximate surface area is 123 Å². The van der Waals surface area contributed by atoms with Gasteiger partial charge in [-0.2, -0.15) is 0 Å². The van der Waals surface area contributed by atoms with Crippen LogP contribution in [0.2, 0.25) is 0 Å². The fourth-order valence-corrected chi connectivity index (χ4v) is 2.69. The molecule has 3 nitrogen and oxygen atoms in total. The van der Waals surface area contributed by atoms with E-state index in [9.17, 15) is 0 Å². The van der Waals surface area contributed by atoms with E-state index >= 15 is 0 Å². The molecule has 0 fully saturated rings. The number of halogens is 1. The van der Waals surface area contributed by atoms with Gasteiger partial charge in [0.2, 0.25) is 0 Å². The number of nitrogens with zero attached hydrogens (tertiary/aromatic N) is 3. The number of hydrogen-bond donors (Lipinski definition) is 0. The van der Waals surface area contributed by atoms with E-state index in [-0.39, 0.29) is 0 Å². The predicted octanol–water partition coefficient (Wildman–Crippen LogP) is 3.68. The third kappa shape index (κ3) is 3.44. The zero-order valence-corrected chi connectivity index (χ0v) is 13.2. The second kappa shape index (κ2) is 6.85. The molecular weight excluding hydrogens is 302 g/mol. The Balaban J connectivity index is 2.11. The van der Waals surface area contributed by atoms with Crippen LogP contribution in [0.1, 0.15) is 36.1 Å². The average Bonchev–Trinajstić information content (AvgIpc) is 2.81. The summed E-state index contributed by atoms with van der Waals surface area (Å²) >= 11 is 3.48. The number of aromatic nitrogens is 3. The minimum atomic E-state index is 0.768. The van der Waals surface area contributed by atoms with Crippen LogP contribution >= 0.6 is 15.9 Å². The summed E-state index contributed by atoms with van der Waals surface area (Å²) in [4.78, 5) is 0. The molecule has 2 rings (SSSR count). The molecule has 1 aromatic carbocycles. The van der Waals surface area contributed by atoms with Gasteiger partial charge >= 0.3 is 0 Å². The van der Waals surface area contributed by atoms with Crippen molar-refractivity contribution < 1.29 is 0 Å². The maximum absolute atomic E-state index is 4.33. The van der Waals surface area contributed by atoms with Gasteiger partial charge in [-0.05, 0) is 30.9 Å². The zero-order chi connectivity index (χ0) is 13.7. The Morgan fingerprint density at radius 1 is 1.11 bits per heavy atom. The predicted molar refractivity (Wildman–Crippen MR) is 81.5 cm³/mol. The summed E-state index contributed by atoms with van der Waals surface area (Å²) in [5.41, 5.74) is 2.75. The zero-order valence-electron chi connectivity index (χ0n) is 11.6. The van der Waals surface area contributed by atoms with E-state index in [2.05, 4.69) is 68.8 Å². The van der Waals surface area contributed by atoms with Gasteiger partial charge in [0.25, 0.3) is 0 Å². The van der Waals surface area contributed by atoms with Crippen LogP contribution in [-0.2, 0) is 24.7 Å². The number of rotatable bonds is 6. The van der Waals surface area contributed by atoms with Crippen molar-refractivity contribution in [3.05, 3.63) is 47.0 Å². The summed E-state index contributed by atoms with van der Waals surface area (Å²) in [6.07, 6.45) is 3.08. The Bertz CT molecular complexity index is 534. The fraction of sp³-hybridized carbons (Fsp3) is 0.467. The van der Waals surface area contributed by atoms with Gasteiger partial charge in [0, 0.05) is 13.0 Å². The van der Waals surface area contributed by atoms with Crippen LogP contribution in [-0.4, -0.2) is 14.8 Å². The van der Waals surface area contributed by atoms with E-state index < -0.39 is 0 Å². The van der Waals surface area contributed by atoms with Crippen molar-refractivity contribution in [2.24, 2.45) is 0 Å². The topological polar surface area (TPSA) is 30.7 Å². The van der Waals surface area contributed by atoms with Gasteiger partial charge in [-0.15, -0.1) is 10.2 Å². The standard InChI is InChI=1S/C15H20BrN3/c1-3-10-19-14(17-18-15(19)11-16)9-8-13-7-5-4-6-12(13)2/h4-7H,3,8-11H2,1-2H3. The summed E-state index contributed by atoms with van der Waals surface area (Å²) in [6, 6.07) is 8.54. The summed E-state index contributed by atoms with van der Waals surface area (Å²) in [6.45, 7) is 5.34. The first-order valence-corrected chi connectivity index (χ1v) is 7.89. The largest absolute Gasteiger partial charge is 0.314 e. The molecule has 2 aromatic rings. The average molecular weight is 322 g/mol. The van der Waals surface area contributed by atoms with Crippen molar-refractivity contribution in [1.82, 2.24) is 14.8 Å². The van der Waals surface area contributed by atoms with Crippen LogP contribution < -0.4 is 0 Å². The summed E-state index contributed by atoms with van der Waals surface area (Å²) in [5, 5.41) is 9.36. The van der Waals surface area contributed by atoms with Gasteiger partial charge < -0.3 is 4.57 Å².